The van der Waals surface area contributed by atoms with Gasteiger partial charge in [0, 0.05) is 39.8 Å². The fourth-order valence-electron chi connectivity index (χ4n) is 5.85. The number of hydrogen-bond acceptors (Lipinski definition) is 1. The Morgan fingerprint density at radius 3 is 2.31 bits per heavy atom. The van der Waals surface area contributed by atoms with Crippen LogP contribution in [-0.4, -0.2) is 9.55 Å². The van der Waals surface area contributed by atoms with Gasteiger partial charge in [0.05, 0.1) is 11.0 Å². The van der Waals surface area contributed by atoms with Gasteiger partial charge >= 0.3 is 0 Å². The van der Waals surface area contributed by atoms with Crippen LogP contribution in [0.1, 0.15) is 25.0 Å². The van der Waals surface area contributed by atoms with Gasteiger partial charge in [-0.25, -0.2) is 0 Å². The Balaban J connectivity index is 1.80. The summed E-state index contributed by atoms with van der Waals surface area (Å²) in [7, 11) is 0. The quantitative estimate of drug-likeness (QED) is 0.272. The molecule has 0 N–H and O–H groups in total. The molecule has 0 saturated heterocycles. The molecule has 4 aromatic carbocycles. The van der Waals surface area contributed by atoms with Crippen LogP contribution in [0.5, 0.6) is 0 Å². The van der Waals surface area contributed by atoms with Crippen LogP contribution < -0.4 is 0 Å². The smallest absolute Gasteiger partial charge is 0.0553 e. The maximum Gasteiger partial charge on any atom is 0.0553 e. The fourth-order valence-corrected chi connectivity index (χ4v) is 5.85. The van der Waals surface area contributed by atoms with E-state index in [-0.39, 0.29) is 5.41 Å². The number of fused-ring (bicyclic) bond motifs is 6. The van der Waals surface area contributed by atoms with E-state index >= 15 is 0 Å². The van der Waals surface area contributed by atoms with E-state index in [1.807, 2.05) is 12.4 Å². The lowest BCUT2D eigenvalue weighted by Crippen LogP contribution is -2.23. The minimum atomic E-state index is -0.0414. The molecule has 32 heavy (non-hydrogen) atoms. The van der Waals surface area contributed by atoms with Gasteiger partial charge in [0.15, 0.2) is 0 Å². The van der Waals surface area contributed by atoms with Gasteiger partial charge in [0.25, 0.3) is 0 Å². The summed E-state index contributed by atoms with van der Waals surface area (Å²) >= 11 is 0. The highest BCUT2D eigenvalue weighted by Crippen LogP contribution is 2.52. The van der Waals surface area contributed by atoms with Crippen molar-refractivity contribution in [2.45, 2.75) is 19.3 Å². The van der Waals surface area contributed by atoms with E-state index in [4.69, 9.17) is 0 Å². The number of pyridine rings is 1. The molecule has 0 bridgehead atoms. The number of hydrogen-bond donors (Lipinski definition) is 0. The Hall–Kier alpha value is -3.91. The molecule has 152 valence electrons. The Kier molecular flexibility index (Phi) is 3.37. The summed E-state index contributed by atoms with van der Waals surface area (Å²) in [6.07, 6.45) is 3.74. The van der Waals surface area contributed by atoms with Crippen LogP contribution in [-0.2, 0) is 5.41 Å². The van der Waals surface area contributed by atoms with Gasteiger partial charge in [-0.15, -0.1) is 0 Å². The van der Waals surface area contributed by atoms with Crippen molar-refractivity contribution >= 4 is 32.6 Å². The van der Waals surface area contributed by atoms with Crippen molar-refractivity contribution in [3.05, 3.63) is 108 Å². The zero-order chi connectivity index (χ0) is 21.4. The molecule has 0 amide bonds. The highest BCUT2D eigenvalue weighted by Gasteiger charge is 2.34. The van der Waals surface area contributed by atoms with E-state index in [0.717, 1.165) is 5.69 Å². The average Bonchev–Trinajstić information content (AvgIpc) is 3.16. The second-order valence-corrected chi connectivity index (χ2v) is 9.28. The zero-order valence-electron chi connectivity index (χ0n) is 18.1. The summed E-state index contributed by atoms with van der Waals surface area (Å²) in [5, 5.41) is 5.31. The summed E-state index contributed by atoms with van der Waals surface area (Å²) in [6.45, 7) is 4.71. The molecular formula is C30H22N2. The molecule has 0 aliphatic heterocycles. The number of aromatic nitrogens is 2. The first kappa shape index (κ1) is 17.7. The van der Waals surface area contributed by atoms with E-state index in [2.05, 4.69) is 108 Å². The number of benzene rings is 4. The van der Waals surface area contributed by atoms with Crippen molar-refractivity contribution in [2.24, 2.45) is 0 Å². The van der Waals surface area contributed by atoms with Crippen LogP contribution in [0.4, 0.5) is 0 Å². The monoisotopic (exact) mass is 410 g/mol. The van der Waals surface area contributed by atoms with Crippen LogP contribution in [0.3, 0.4) is 0 Å². The highest BCUT2D eigenvalue weighted by atomic mass is 15.0. The molecule has 0 unspecified atom stereocenters. The van der Waals surface area contributed by atoms with Crippen molar-refractivity contribution in [3.8, 4) is 16.8 Å². The molecule has 2 nitrogen and oxygen atoms in total. The fraction of sp³-hybridized carbons (Fsp3) is 0.100. The van der Waals surface area contributed by atoms with Gasteiger partial charge in [-0.05, 0) is 51.7 Å². The molecule has 1 aliphatic carbocycles. The molecule has 6 aromatic rings. The molecule has 0 saturated carbocycles. The lowest BCUT2D eigenvalue weighted by molar-refractivity contribution is 0.645. The van der Waals surface area contributed by atoms with E-state index in [1.165, 1.54) is 54.8 Å². The summed E-state index contributed by atoms with van der Waals surface area (Å²) in [5.74, 6) is 0. The van der Waals surface area contributed by atoms with Crippen LogP contribution in [0.2, 0.25) is 0 Å². The number of nitrogens with zero attached hydrogens (tertiary/aromatic N) is 2. The van der Waals surface area contributed by atoms with Crippen LogP contribution in [0.15, 0.2) is 97.3 Å². The molecule has 0 fully saturated rings. The van der Waals surface area contributed by atoms with Crippen LogP contribution >= 0.6 is 0 Å². The van der Waals surface area contributed by atoms with Crippen molar-refractivity contribution in [1.29, 1.82) is 0 Å². The summed E-state index contributed by atoms with van der Waals surface area (Å²) in [5.41, 5.74) is 9.09. The number of para-hydroxylation sites is 1. The first-order valence-electron chi connectivity index (χ1n) is 11.2. The summed E-state index contributed by atoms with van der Waals surface area (Å²) in [6, 6.07) is 31.1. The standard InChI is InChI=1S/C30H22N2/c1-30(2)23-11-5-3-9-21(23)29-27-19(8-7-12-24(27)30)18-26-28(29)22-10-4-6-13-25(22)32(26)20-14-16-31-17-15-20/h3-18H,1-2H3. The Bertz CT molecular complexity index is 1690. The summed E-state index contributed by atoms with van der Waals surface area (Å²) < 4.78 is 2.39. The predicted molar refractivity (Wildman–Crippen MR) is 134 cm³/mol. The molecule has 0 spiro atoms. The van der Waals surface area contributed by atoms with E-state index in [0.29, 0.717) is 0 Å². The molecular weight excluding hydrogens is 388 g/mol. The van der Waals surface area contributed by atoms with E-state index in [9.17, 15) is 0 Å². The lowest BCUT2D eigenvalue weighted by atomic mass is 9.68. The van der Waals surface area contributed by atoms with Gasteiger partial charge in [-0.2, -0.15) is 0 Å². The maximum atomic E-state index is 4.25. The van der Waals surface area contributed by atoms with E-state index in [1.54, 1.807) is 0 Å². The second kappa shape index (κ2) is 6.08. The zero-order valence-corrected chi connectivity index (χ0v) is 18.1. The predicted octanol–water partition coefficient (Wildman–Crippen LogP) is 7.64. The Morgan fingerprint density at radius 1 is 0.688 bits per heavy atom. The summed E-state index contributed by atoms with van der Waals surface area (Å²) in [4.78, 5) is 4.25. The minimum absolute atomic E-state index is 0.0414. The lowest BCUT2D eigenvalue weighted by Gasteiger charge is -2.35. The highest BCUT2D eigenvalue weighted by molar-refractivity contribution is 6.24. The van der Waals surface area contributed by atoms with Crippen LogP contribution in [0, 0.1) is 0 Å². The molecule has 2 heteroatoms. The molecule has 2 aromatic heterocycles. The maximum absolute atomic E-state index is 4.25. The third-order valence-electron chi connectivity index (χ3n) is 7.26. The van der Waals surface area contributed by atoms with Gasteiger partial charge < -0.3 is 4.57 Å². The second-order valence-electron chi connectivity index (χ2n) is 9.28. The first-order valence-corrected chi connectivity index (χ1v) is 11.2. The van der Waals surface area contributed by atoms with Crippen LogP contribution in [0.25, 0.3) is 49.4 Å². The van der Waals surface area contributed by atoms with Crippen molar-refractivity contribution in [2.75, 3.05) is 0 Å². The molecule has 7 rings (SSSR count). The largest absolute Gasteiger partial charge is 0.309 e. The molecule has 0 radical (unpaired) electrons. The Morgan fingerprint density at radius 2 is 1.44 bits per heavy atom. The third kappa shape index (κ3) is 2.12. The Labute approximate surface area is 186 Å². The molecule has 2 heterocycles. The topological polar surface area (TPSA) is 17.8 Å². The van der Waals surface area contributed by atoms with Crippen molar-refractivity contribution < 1.29 is 0 Å². The van der Waals surface area contributed by atoms with E-state index < -0.39 is 0 Å². The minimum Gasteiger partial charge on any atom is -0.309 e. The normalized spacial score (nSPS) is 14.2. The van der Waals surface area contributed by atoms with Crippen molar-refractivity contribution in [3.63, 3.8) is 0 Å². The first-order chi connectivity index (χ1) is 15.7. The van der Waals surface area contributed by atoms with Gasteiger partial charge in [0.2, 0.25) is 0 Å². The van der Waals surface area contributed by atoms with Crippen molar-refractivity contribution in [1.82, 2.24) is 9.55 Å². The average molecular weight is 411 g/mol. The van der Waals surface area contributed by atoms with Gasteiger partial charge in [-0.1, -0.05) is 74.5 Å². The molecule has 1 aliphatic rings. The van der Waals surface area contributed by atoms with Gasteiger partial charge in [0.1, 0.15) is 0 Å². The van der Waals surface area contributed by atoms with Gasteiger partial charge in [-0.3, -0.25) is 4.98 Å². The third-order valence-corrected chi connectivity index (χ3v) is 7.26. The number of rotatable bonds is 1. The SMILES string of the molecule is CC1(C)c2ccccc2-c2c3c1cccc3cc1c2c2ccccc2n1-c1ccncc1. The molecule has 0 atom stereocenters.